The van der Waals surface area contributed by atoms with E-state index in [-0.39, 0.29) is 19.3 Å². The Balaban J connectivity index is 5.95. The Morgan fingerprint density at radius 2 is 1.22 bits per heavy atom. The molecule has 7 atom stereocenters. The van der Waals surface area contributed by atoms with Crippen LogP contribution >= 0.6 is 23.5 Å². The van der Waals surface area contributed by atoms with Crippen molar-refractivity contribution in [1.82, 2.24) is 0 Å². The number of phosphoric acid groups is 3. The number of unbranched alkanes of at least 4 members (excludes halogenated alkanes) is 2. The van der Waals surface area contributed by atoms with E-state index in [0.29, 0.717) is 32.1 Å². The molecule has 0 amide bonds. The van der Waals surface area contributed by atoms with Crippen LogP contribution in [0.25, 0.3) is 0 Å². The predicted molar refractivity (Wildman–Crippen MR) is 140 cm³/mol. The number of aliphatic hydroxyl groups is 2. The molecular formula is C21H48NO12P3. The Hall–Kier alpha value is 0.290. The van der Waals surface area contributed by atoms with Crippen LogP contribution < -0.4 is 5.73 Å². The minimum Gasteiger partial charge on any atom is -0.390 e. The number of hydrogen-bond donors (Lipinski definition) is 6. The van der Waals surface area contributed by atoms with E-state index >= 15 is 0 Å². The fourth-order valence-corrected chi connectivity index (χ4v) is 8.22. The Kier molecular flexibility index (Phi) is 16.7. The molecule has 224 valence electrons. The average Bonchev–Trinajstić information content (AvgIpc) is 2.77. The highest BCUT2D eigenvalue weighted by Gasteiger charge is 2.54. The molecule has 0 saturated carbocycles. The molecule has 0 bridgehead atoms. The van der Waals surface area contributed by atoms with Gasteiger partial charge in [-0.05, 0) is 32.1 Å². The summed E-state index contributed by atoms with van der Waals surface area (Å²) in [5, 5.41) is 19.2. The Bertz CT molecular complexity index is 803. The van der Waals surface area contributed by atoms with Gasteiger partial charge >= 0.3 is 23.5 Å². The van der Waals surface area contributed by atoms with E-state index in [0.717, 1.165) is 19.3 Å². The second kappa shape index (κ2) is 16.5. The number of rotatable bonds is 22. The fraction of sp³-hybridized carbons (Fsp3) is 1.00. The van der Waals surface area contributed by atoms with Crippen molar-refractivity contribution in [3.63, 3.8) is 0 Å². The molecule has 0 aromatic carbocycles. The molecule has 0 radical (unpaired) electrons. The standard InChI is InChI=1S/C21H48NO12P3/c1-6-11-15-20(22,13-8-3)21(14-9-4,16-12-7-2)32-36(27,28)34-37(29,30)33-35(25,26)31-17-19(24)18(23)10-5/h18-19,23-24H,6-17,22H2,1-5H3,(H,25,26)(H,27,28)(H,29,30)/t18?,19-,20?,21?/m1/s1. The third-order valence-electron chi connectivity index (χ3n) is 6.14. The molecule has 0 heterocycles. The van der Waals surface area contributed by atoms with E-state index in [1.807, 2.05) is 27.7 Å². The van der Waals surface area contributed by atoms with Crippen LogP contribution in [-0.4, -0.2) is 54.8 Å². The topological polar surface area (TPSA) is 215 Å². The van der Waals surface area contributed by atoms with Gasteiger partial charge in [0.1, 0.15) is 6.10 Å². The Labute approximate surface area is 220 Å². The molecule has 37 heavy (non-hydrogen) atoms. The summed E-state index contributed by atoms with van der Waals surface area (Å²) >= 11 is 0. The lowest BCUT2D eigenvalue weighted by atomic mass is 9.69. The third-order valence-corrected chi connectivity index (χ3v) is 10.5. The lowest BCUT2D eigenvalue weighted by Gasteiger charge is -2.49. The lowest BCUT2D eigenvalue weighted by Crippen LogP contribution is -2.61. The van der Waals surface area contributed by atoms with Crippen LogP contribution in [0.1, 0.15) is 105 Å². The quantitative estimate of drug-likeness (QED) is 0.0914. The van der Waals surface area contributed by atoms with Gasteiger partial charge in [0.2, 0.25) is 0 Å². The van der Waals surface area contributed by atoms with Crippen molar-refractivity contribution in [2.24, 2.45) is 5.73 Å². The van der Waals surface area contributed by atoms with Gasteiger partial charge in [-0.15, -0.1) is 0 Å². The summed E-state index contributed by atoms with van der Waals surface area (Å²) < 4.78 is 56.2. The highest BCUT2D eigenvalue weighted by Crippen LogP contribution is 2.69. The predicted octanol–water partition coefficient (Wildman–Crippen LogP) is 4.90. The van der Waals surface area contributed by atoms with Crippen LogP contribution in [0.4, 0.5) is 0 Å². The van der Waals surface area contributed by atoms with E-state index in [9.17, 15) is 38.6 Å². The van der Waals surface area contributed by atoms with Crippen molar-refractivity contribution in [2.75, 3.05) is 6.61 Å². The molecule has 16 heteroatoms. The fourth-order valence-electron chi connectivity index (χ4n) is 4.28. The van der Waals surface area contributed by atoms with Gasteiger partial charge in [0, 0.05) is 5.54 Å². The van der Waals surface area contributed by atoms with Crippen molar-refractivity contribution < 1.29 is 56.3 Å². The molecule has 0 aliphatic rings. The third kappa shape index (κ3) is 13.0. The van der Waals surface area contributed by atoms with E-state index in [1.165, 1.54) is 6.92 Å². The van der Waals surface area contributed by atoms with E-state index in [1.54, 1.807) is 0 Å². The number of nitrogens with two attached hydrogens (primary N) is 1. The molecule has 0 aliphatic heterocycles. The summed E-state index contributed by atoms with van der Waals surface area (Å²) in [6, 6.07) is 0. The number of hydrogen-bond acceptors (Lipinski definition) is 10. The van der Waals surface area contributed by atoms with E-state index in [4.69, 9.17) is 10.3 Å². The second-order valence-corrected chi connectivity index (χ2v) is 13.9. The van der Waals surface area contributed by atoms with Gasteiger partial charge in [0.15, 0.2) is 0 Å². The molecule has 6 unspecified atom stereocenters. The minimum atomic E-state index is -5.71. The zero-order valence-corrected chi connectivity index (χ0v) is 25.3. The first kappa shape index (κ1) is 37.3. The van der Waals surface area contributed by atoms with Gasteiger partial charge in [-0.2, -0.15) is 8.62 Å². The maximum absolute atomic E-state index is 13.0. The summed E-state index contributed by atoms with van der Waals surface area (Å²) in [7, 11) is -16.5. The highest BCUT2D eigenvalue weighted by molar-refractivity contribution is 7.66. The molecule has 0 saturated heterocycles. The highest BCUT2D eigenvalue weighted by atomic mass is 31.3. The van der Waals surface area contributed by atoms with Gasteiger partial charge in [-0.1, -0.05) is 73.1 Å². The molecule has 7 N–H and O–H groups in total. The number of aliphatic hydroxyl groups excluding tert-OH is 2. The van der Waals surface area contributed by atoms with Gasteiger partial charge < -0.3 is 30.6 Å². The Morgan fingerprint density at radius 3 is 1.70 bits per heavy atom. The zero-order chi connectivity index (χ0) is 29.0. The molecule has 0 aromatic heterocycles. The average molecular weight is 600 g/mol. The maximum atomic E-state index is 13.0. The van der Waals surface area contributed by atoms with Crippen LogP contribution in [0.2, 0.25) is 0 Å². The molecule has 0 fully saturated rings. The van der Waals surface area contributed by atoms with Crippen LogP contribution in [-0.2, 0) is 31.4 Å². The lowest BCUT2D eigenvalue weighted by molar-refractivity contribution is -0.0552. The zero-order valence-electron chi connectivity index (χ0n) is 22.7. The van der Waals surface area contributed by atoms with Crippen molar-refractivity contribution in [1.29, 1.82) is 0 Å². The smallest absolute Gasteiger partial charge is 0.390 e. The summed E-state index contributed by atoms with van der Waals surface area (Å²) in [4.78, 5) is 30.3. The largest absolute Gasteiger partial charge is 0.490 e. The molecule has 0 spiro atoms. The first-order chi connectivity index (χ1) is 17.0. The number of phosphoric ester groups is 2. The van der Waals surface area contributed by atoms with Gasteiger partial charge in [-0.25, -0.2) is 13.7 Å². The monoisotopic (exact) mass is 599 g/mol. The van der Waals surface area contributed by atoms with Gasteiger partial charge in [0.25, 0.3) is 0 Å². The summed E-state index contributed by atoms with van der Waals surface area (Å²) in [6.07, 6.45) is 2.73. The minimum absolute atomic E-state index is 0.101. The SMILES string of the molecule is CCCCC(N)(CCC)C(CCC)(CCCC)OP(=O)(O)OP(=O)(O)OP(=O)(O)OC[C@@H](O)C(O)CC. The molecule has 0 rings (SSSR count). The van der Waals surface area contributed by atoms with Crippen LogP contribution in [0.3, 0.4) is 0 Å². The van der Waals surface area contributed by atoms with Crippen molar-refractivity contribution in [3.05, 3.63) is 0 Å². The van der Waals surface area contributed by atoms with Crippen molar-refractivity contribution >= 4 is 23.5 Å². The summed E-state index contributed by atoms with van der Waals surface area (Å²) in [5.41, 5.74) is 4.40. The van der Waals surface area contributed by atoms with Crippen LogP contribution in [0, 0.1) is 0 Å². The molecule has 13 nitrogen and oxygen atoms in total. The maximum Gasteiger partial charge on any atom is 0.490 e. The first-order valence-corrected chi connectivity index (χ1v) is 17.4. The molecule has 0 aliphatic carbocycles. The van der Waals surface area contributed by atoms with Crippen molar-refractivity contribution in [3.8, 4) is 0 Å². The van der Waals surface area contributed by atoms with E-state index in [2.05, 4.69) is 13.1 Å². The normalized spacial score (nSPS) is 22.1. The Morgan fingerprint density at radius 1 is 0.703 bits per heavy atom. The van der Waals surface area contributed by atoms with Gasteiger partial charge in [-0.3, -0.25) is 9.05 Å². The van der Waals surface area contributed by atoms with E-state index < -0.39 is 53.4 Å². The molecule has 0 aromatic rings. The van der Waals surface area contributed by atoms with Crippen molar-refractivity contribution in [2.45, 2.75) is 129 Å². The summed E-state index contributed by atoms with van der Waals surface area (Å²) in [6.45, 7) is 8.30. The van der Waals surface area contributed by atoms with Gasteiger partial charge in [0.05, 0.1) is 18.3 Å². The molecular weight excluding hydrogens is 551 g/mol. The van der Waals surface area contributed by atoms with Crippen LogP contribution in [0.15, 0.2) is 0 Å². The second-order valence-electron chi connectivity index (χ2n) is 9.36. The first-order valence-electron chi connectivity index (χ1n) is 12.9. The van der Waals surface area contributed by atoms with Crippen LogP contribution in [0.5, 0.6) is 0 Å². The summed E-state index contributed by atoms with van der Waals surface area (Å²) in [5.74, 6) is 0.